The van der Waals surface area contributed by atoms with Gasteiger partial charge in [0, 0.05) is 30.8 Å². The second-order valence-electron chi connectivity index (χ2n) is 7.71. The molecule has 0 aromatic heterocycles. The Morgan fingerprint density at radius 2 is 1.59 bits per heavy atom. The molecule has 1 aliphatic heterocycles. The first kappa shape index (κ1) is 19.6. The summed E-state index contributed by atoms with van der Waals surface area (Å²) in [4.78, 5) is 28.8. The van der Waals surface area contributed by atoms with Crippen LogP contribution in [0.5, 0.6) is 11.5 Å². The molecule has 1 aliphatic carbocycles. The predicted molar refractivity (Wildman–Crippen MR) is 108 cm³/mol. The maximum atomic E-state index is 13.3. The predicted octanol–water partition coefficient (Wildman–Crippen LogP) is 3.09. The van der Waals surface area contributed by atoms with Gasteiger partial charge < -0.3 is 14.2 Å². The van der Waals surface area contributed by atoms with Crippen LogP contribution in [0.25, 0.3) is 0 Å². The van der Waals surface area contributed by atoms with E-state index in [4.69, 9.17) is 14.2 Å². The minimum absolute atomic E-state index is 0.154. The first-order valence-electron chi connectivity index (χ1n) is 9.78. The standard InChI is InChI=1S/C23H25NO5/c1-13-10-24(11-14(2)29-13)12-15-8-17-21(19(9-15)28-4)23(26)20-16(22(17)25)6-5-7-18(20)27-3/h5-9,13-14H,10-12H2,1-4H3/t13-,14+. The zero-order valence-electron chi connectivity index (χ0n) is 17.2. The Labute approximate surface area is 170 Å². The number of methoxy groups -OCH3 is 2. The van der Waals surface area contributed by atoms with E-state index >= 15 is 0 Å². The Bertz CT molecular complexity index is 973. The van der Waals surface area contributed by atoms with Crippen molar-refractivity contribution in [2.24, 2.45) is 0 Å². The lowest BCUT2D eigenvalue weighted by Crippen LogP contribution is -2.44. The lowest BCUT2D eigenvalue weighted by Gasteiger charge is -2.35. The zero-order valence-corrected chi connectivity index (χ0v) is 17.2. The van der Waals surface area contributed by atoms with Gasteiger partial charge in [-0.05, 0) is 37.6 Å². The third-order valence-electron chi connectivity index (χ3n) is 5.47. The Morgan fingerprint density at radius 1 is 0.931 bits per heavy atom. The van der Waals surface area contributed by atoms with Gasteiger partial charge in [-0.25, -0.2) is 0 Å². The van der Waals surface area contributed by atoms with Gasteiger partial charge in [-0.15, -0.1) is 0 Å². The van der Waals surface area contributed by atoms with Crippen molar-refractivity contribution in [1.82, 2.24) is 4.90 Å². The summed E-state index contributed by atoms with van der Waals surface area (Å²) in [6, 6.07) is 8.77. The molecule has 2 aromatic rings. The molecule has 0 amide bonds. The Hall–Kier alpha value is -2.70. The first-order chi connectivity index (χ1) is 13.9. The molecule has 152 valence electrons. The molecule has 2 aliphatic rings. The number of ether oxygens (including phenoxy) is 3. The van der Waals surface area contributed by atoms with Crippen molar-refractivity contribution in [3.63, 3.8) is 0 Å². The number of fused-ring (bicyclic) bond motifs is 2. The molecule has 0 bridgehead atoms. The molecule has 0 saturated carbocycles. The van der Waals surface area contributed by atoms with Crippen molar-refractivity contribution in [1.29, 1.82) is 0 Å². The minimum atomic E-state index is -0.246. The number of hydrogen-bond donors (Lipinski definition) is 0. The fourth-order valence-electron chi connectivity index (χ4n) is 4.40. The van der Waals surface area contributed by atoms with E-state index in [1.165, 1.54) is 14.2 Å². The number of hydrogen-bond acceptors (Lipinski definition) is 6. The number of rotatable bonds is 4. The molecule has 0 radical (unpaired) electrons. The normalized spacial score (nSPS) is 21.5. The van der Waals surface area contributed by atoms with Crippen LogP contribution >= 0.6 is 0 Å². The van der Waals surface area contributed by atoms with E-state index in [1.807, 2.05) is 12.1 Å². The third-order valence-corrected chi connectivity index (χ3v) is 5.47. The summed E-state index contributed by atoms with van der Waals surface area (Å²) in [5.41, 5.74) is 2.31. The molecule has 29 heavy (non-hydrogen) atoms. The molecular weight excluding hydrogens is 370 g/mol. The molecule has 0 N–H and O–H groups in total. The van der Waals surface area contributed by atoms with Crippen molar-refractivity contribution >= 4 is 11.6 Å². The molecule has 4 rings (SSSR count). The largest absolute Gasteiger partial charge is 0.496 e. The van der Waals surface area contributed by atoms with Crippen molar-refractivity contribution < 1.29 is 23.8 Å². The van der Waals surface area contributed by atoms with Crippen LogP contribution in [0.4, 0.5) is 0 Å². The summed E-state index contributed by atoms with van der Waals surface area (Å²) in [6.07, 6.45) is 0.307. The number of benzene rings is 2. The van der Waals surface area contributed by atoms with E-state index in [9.17, 15) is 9.59 Å². The molecule has 1 heterocycles. The lowest BCUT2D eigenvalue weighted by atomic mass is 9.82. The molecule has 2 aromatic carbocycles. The molecule has 0 unspecified atom stereocenters. The molecule has 2 atom stereocenters. The summed E-state index contributed by atoms with van der Waals surface area (Å²) in [5, 5.41) is 0. The average Bonchev–Trinajstić information content (AvgIpc) is 2.69. The van der Waals surface area contributed by atoms with Crippen molar-refractivity contribution in [3.05, 3.63) is 58.1 Å². The van der Waals surface area contributed by atoms with Gasteiger partial charge in [-0.1, -0.05) is 12.1 Å². The van der Waals surface area contributed by atoms with Gasteiger partial charge in [0.25, 0.3) is 0 Å². The van der Waals surface area contributed by atoms with Gasteiger partial charge >= 0.3 is 0 Å². The zero-order chi connectivity index (χ0) is 20.7. The fourth-order valence-corrected chi connectivity index (χ4v) is 4.40. The summed E-state index contributed by atoms with van der Waals surface area (Å²) in [6.45, 7) is 6.41. The average molecular weight is 395 g/mol. The van der Waals surface area contributed by atoms with E-state index in [0.29, 0.717) is 40.3 Å². The van der Waals surface area contributed by atoms with Crippen LogP contribution in [0, 0.1) is 0 Å². The quantitative estimate of drug-likeness (QED) is 0.676. The summed E-state index contributed by atoms with van der Waals surface area (Å²) < 4.78 is 16.7. The molecule has 1 fully saturated rings. The SMILES string of the molecule is COc1cccc2c1C(=O)c1c(OC)cc(CN3C[C@@H](C)O[C@@H](C)C3)cc1C2=O. The maximum absolute atomic E-state index is 13.3. The van der Waals surface area contributed by atoms with Crippen molar-refractivity contribution in [2.45, 2.75) is 32.6 Å². The van der Waals surface area contributed by atoms with Gasteiger partial charge in [0.15, 0.2) is 5.78 Å². The highest BCUT2D eigenvalue weighted by Crippen LogP contribution is 2.38. The van der Waals surface area contributed by atoms with Crippen LogP contribution in [0.3, 0.4) is 0 Å². The van der Waals surface area contributed by atoms with Crippen LogP contribution < -0.4 is 9.47 Å². The number of nitrogens with zero attached hydrogens (tertiary/aromatic N) is 1. The molecule has 6 heteroatoms. The molecule has 0 spiro atoms. The fraction of sp³-hybridized carbons (Fsp3) is 0.391. The van der Waals surface area contributed by atoms with Crippen LogP contribution in [0.15, 0.2) is 30.3 Å². The van der Waals surface area contributed by atoms with Crippen LogP contribution in [0.1, 0.15) is 51.3 Å². The topological polar surface area (TPSA) is 65.1 Å². The Balaban J connectivity index is 1.76. The number of carbonyl (C=O) groups excluding carboxylic acids is 2. The highest BCUT2D eigenvalue weighted by molar-refractivity contribution is 6.30. The highest BCUT2D eigenvalue weighted by Gasteiger charge is 2.35. The minimum Gasteiger partial charge on any atom is -0.496 e. The third kappa shape index (κ3) is 3.43. The second kappa shape index (κ2) is 7.61. The van der Waals surface area contributed by atoms with Crippen molar-refractivity contribution in [2.75, 3.05) is 27.3 Å². The number of morpholine rings is 1. The van der Waals surface area contributed by atoms with Gasteiger partial charge in [0.2, 0.25) is 5.78 Å². The Kier molecular flexibility index (Phi) is 5.15. The molecule has 6 nitrogen and oxygen atoms in total. The maximum Gasteiger partial charge on any atom is 0.201 e. The van der Waals surface area contributed by atoms with E-state index in [0.717, 1.165) is 18.7 Å². The smallest absolute Gasteiger partial charge is 0.201 e. The van der Waals surface area contributed by atoms with Crippen LogP contribution in [-0.4, -0.2) is 56.0 Å². The molecular formula is C23H25NO5. The second-order valence-corrected chi connectivity index (χ2v) is 7.71. The lowest BCUT2D eigenvalue weighted by molar-refractivity contribution is -0.0705. The van der Waals surface area contributed by atoms with Gasteiger partial charge in [-0.3, -0.25) is 14.5 Å². The summed E-state index contributed by atoms with van der Waals surface area (Å²) in [5.74, 6) is 0.386. The Morgan fingerprint density at radius 3 is 2.24 bits per heavy atom. The van der Waals surface area contributed by atoms with E-state index in [-0.39, 0.29) is 23.8 Å². The van der Waals surface area contributed by atoms with Gasteiger partial charge in [0.1, 0.15) is 11.5 Å². The van der Waals surface area contributed by atoms with Crippen LogP contribution in [-0.2, 0) is 11.3 Å². The van der Waals surface area contributed by atoms with E-state index < -0.39 is 0 Å². The van der Waals surface area contributed by atoms with E-state index in [2.05, 4.69) is 18.7 Å². The van der Waals surface area contributed by atoms with Crippen molar-refractivity contribution in [3.8, 4) is 11.5 Å². The molecule has 1 saturated heterocycles. The van der Waals surface area contributed by atoms with E-state index in [1.54, 1.807) is 18.2 Å². The van der Waals surface area contributed by atoms with Gasteiger partial charge in [-0.2, -0.15) is 0 Å². The van der Waals surface area contributed by atoms with Crippen LogP contribution in [0.2, 0.25) is 0 Å². The number of ketones is 2. The van der Waals surface area contributed by atoms with Gasteiger partial charge in [0.05, 0.1) is 37.6 Å². The summed E-state index contributed by atoms with van der Waals surface area (Å²) in [7, 11) is 3.02. The summed E-state index contributed by atoms with van der Waals surface area (Å²) >= 11 is 0. The number of carbonyl (C=O) groups is 2. The monoisotopic (exact) mass is 395 g/mol. The first-order valence-corrected chi connectivity index (χ1v) is 9.78. The highest BCUT2D eigenvalue weighted by atomic mass is 16.5.